The van der Waals surface area contributed by atoms with Crippen LogP contribution in [0.2, 0.25) is 0 Å². The Bertz CT molecular complexity index is 504. The van der Waals surface area contributed by atoms with Crippen molar-refractivity contribution in [3.8, 4) is 5.75 Å². The van der Waals surface area contributed by atoms with Gasteiger partial charge in [0.25, 0.3) is 0 Å². The molecule has 0 saturated heterocycles. The monoisotopic (exact) mass is 268 g/mol. The van der Waals surface area contributed by atoms with E-state index in [4.69, 9.17) is 4.74 Å². The predicted molar refractivity (Wildman–Crippen MR) is 73.8 cm³/mol. The number of sulfone groups is 1. The van der Waals surface area contributed by atoms with Crippen LogP contribution < -0.4 is 4.74 Å². The van der Waals surface area contributed by atoms with E-state index >= 15 is 0 Å². The van der Waals surface area contributed by atoms with Gasteiger partial charge in [0.2, 0.25) is 0 Å². The van der Waals surface area contributed by atoms with E-state index in [1.54, 1.807) is 32.2 Å². The molecule has 0 spiro atoms. The lowest BCUT2D eigenvalue weighted by Crippen LogP contribution is -2.08. The summed E-state index contributed by atoms with van der Waals surface area (Å²) in [6.45, 7) is 5.41. The average molecular weight is 268 g/mol. The fraction of sp³-hybridized carbons (Fsp3) is 0.429. The minimum Gasteiger partial charge on any atom is -0.497 e. The average Bonchev–Trinajstić information content (AvgIpc) is 2.34. The van der Waals surface area contributed by atoms with Crippen molar-refractivity contribution in [1.82, 2.24) is 0 Å². The predicted octanol–water partition coefficient (Wildman–Crippen LogP) is 3.13. The van der Waals surface area contributed by atoms with Gasteiger partial charge < -0.3 is 4.74 Å². The summed E-state index contributed by atoms with van der Waals surface area (Å²) in [5.74, 6) is 0.867. The number of unbranched alkanes of at least 4 members (excludes halogenated alkanes) is 2. The second-order valence-electron chi connectivity index (χ2n) is 4.23. The first kappa shape index (κ1) is 14.8. The van der Waals surface area contributed by atoms with Gasteiger partial charge >= 0.3 is 0 Å². The molecule has 0 heterocycles. The van der Waals surface area contributed by atoms with Crippen LogP contribution in [0.5, 0.6) is 5.75 Å². The molecule has 0 atom stereocenters. The highest BCUT2D eigenvalue weighted by molar-refractivity contribution is 7.91. The van der Waals surface area contributed by atoms with Gasteiger partial charge in [-0.05, 0) is 49.9 Å². The molecule has 0 aliphatic rings. The second-order valence-corrected chi connectivity index (χ2v) is 6.31. The van der Waals surface area contributed by atoms with Gasteiger partial charge in [-0.15, -0.1) is 6.58 Å². The molecule has 3 nitrogen and oxygen atoms in total. The summed E-state index contributed by atoms with van der Waals surface area (Å²) >= 11 is 0. The maximum atomic E-state index is 12.1. The van der Waals surface area contributed by atoms with Crippen molar-refractivity contribution in [1.29, 1.82) is 0 Å². The molecule has 0 aliphatic heterocycles. The van der Waals surface area contributed by atoms with E-state index in [2.05, 4.69) is 6.58 Å². The quantitative estimate of drug-likeness (QED) is 0.563. The van der Waals surface area contributed by atoms with Gasteiger partial charge in [-0.2, -0.15) is 0 Å². The van der Waals surface area contributed by atoms with Crippen LogP contribution in [0.4, 0.5) is 0 Å². The third-order valence-electron chi connectivity index (χ3n) is 2.79. The summed E-state index contributed by atoms with van der Waals surface area (Å²) in [6.07, 6.45) is 4.19. The minimum absolute atomic E-state index is 0.189. The molecule has 0 aromatic heterocycles. The lowest BCUT2D eigenvalue weighted by atomic mass is 10.2. The van der Waals surface area contributed by atoms with Crippen LogP contribution in [0.1, 0.15) is 24.8 Å². The number of hydrogen-bond donors (Lipinski definition) is 0. The molecule has 4 heteroatoms. The first-order valence-electron chi connectivity index (χ1n) is 5.99. The first-order valence-corrected chi connectivity index (χ1v) is 7.65. The summed E-state index contributed by atoms with van der Waals surface area (Å²) in [5.41, 5.74) is 0.734. The number of aryl methyl sites for hydroxylation is 1. The van der Waals surface area contributed by atoms with Crippen LogP contribution in [-0.2, 0) is 9.84 Å². The van der Waals surface area contributed by atoms with Crippen LogP contribution in [0.15, 0.2) is 35.7 Å². The topological polar surface area (TPSA) is 43.4 Å². The summed E-state index contributed by atoms with van der Waals surface area (Å²) in [4.78, 5) is 0.405. The third-order valence-corrected chi connectivity index (χ3v) is 4.74. The Morgan fingerprint density at radius 2 is 2.06 bits per heavy atom. The number of ether oxygens (including phenoxy) is 1. The smallest absolute Gasteiger partial charge is 0.178 e. The Morgan fingerprint density at radius 3 is 2.61 bits per heavy atom. The molecule has 0 N–H and O–H groups in total. The Labute approximate surface area is 109 Å². The zero-order valence-corrected chi connectivity index (χ0v) is 11.8. The zero-order chi connectivity index (χ0) is 13.6. The Kier molecular flexibility index (Phi) is 5.41. The van der Waals surface area contributed by atoms with Crippen molar-refractivity contribution in [2.75, 3.05) is 12.9 Å². The summed E-state index contributed by atoms with van der Waals surface area (Å²) < 4.78 is 29.4. The van der Waals surface area contributed by atoms with Gasteiger partial charge in [-0.25, -0.2) is 8.42 Å². The molecular weight excluding hydrogens is 248 g/mol. The van der Waals surface area contributed by atoms with E-state index in [1.807, 2.05) is 6.08 Å². The van der Waals surface area contributed by atoms with Crippen molar-refractivity contribution in [2.24, 2.45) is 0 Å². The van der Waals surface area contributed by atoms with E-state index in [0.29, 0.717) is 17.1 Å². The Hall–Kier alpha value is -1.29. The molecule has 0 aliphatic carbocycles. The highest BCUT2D eigenvalue weighted by Crippen LogP contribution is 2.22. The van der Waals surface area contributed by atoms with E-state index in [9.17, 15) is 8.42 Å². The van der Waals surface area contributed by atoms with Crippen molar-refractivity contribution in [3.05, 3.63) is 36.4 Å². The molecular formula is C14H20O3S. The molecule has 0 radical (unpaired) electrons. The molecule has 0 amide bonds. The van der Waals surface area contributed by atoms with E-state index < -0.39 is 9.84 Å². The van der Waals surface area contributed by atoms with Gasteiger partial charge in [0.15, 0.2) is 9.84 Å². The molecule has 0 saturated carbocycles. The lowest BCUT2D eigenvalue weighted by molar-refractivity contribution is 0.414. The molecule has 1 rings (SSSR count). The number of methoxy groups -OCH3 is 1. The standard InChI is InChI=1S/C14H20O3S/c1-4-5-6-7-10-18(15,16)14-9-8-13(17-3)11-12(14)2/h4,8-9,11H,1,5-7,10H2,2-3H3. The van der Waals surface area contributed by atoms with E-state index in [-0.39, 0.29) is 5.75 Å². The van der Waals surface area contributed by atoms with Crippen LogP contribution in [0.25, 0.3) is 0 Å². The molecule has 0 bridgehead atoms. The van der Waals surface area contributed by atoms with Crippen LogP contribution in [0.3, 0.4) is 0 Å². The third kappa shape index (κ3) is 3.88. The van der Waals surface area contributed by atoms with Crippen LogP contribution in [0, 0.1) is 6.92 Å². The largest absolute Gasteiger partial charge is 0.497 e. The van der Waals surface area contributed by atoms with Crippen molar-refractivity contribution < 1.29 is 13.2 Å². The molecule has 18 heavy (non-hydrogen) atoms. The van der Waals surface area contributed by atoms with Gasteiger partial charge in [0.1, 0.15) is 5.75 Å². The minimum atomic E-state index is -3.19. The normalized spacial score (nSPS) is 11.2. The Balaban J connectivity index is 2.81. The van der Waals surface area contributed by atoms with Crippen LogP contribution >= 0.6 is 0 Å². The summed E-state index contributed by atoms with van der Waals surface area (Å²) in [7, 11) is -1.62. The van der Waals surface area contributed by atoms with Crippen molar-refractivity contribution in [3.63, 3.8) is 0 Å². The highest BCUT2D eigenvalue weighted by atomic mass is 32.2. The maximum absolute atomic E-state index is 12.1. The number of allylic oxidation sites excluding steroid dienone is 1. The molecule has 100 valence electrons. The molecule has 1 aromatic carbocycles. The SMILES string of the molecule is C=CCCCCS(=O)(=O)c1ccc(OC)cc1C. The van der Waals surface area contributed by atoms with Gasteiger partial charge in [0.05, 0.1) is 17.8 Å². The summed E-state index contributed by atoms with van der Waals surface area (Å²) in [5, 5.41) is 0. The first-order chi connectivity index (χ1) is 8.51. The fourth-order valence-corrected chi connectivity index (χ4v) is 3.42. The zero-order valence-electron chi connectivity index (χ0n) is 11.0. The van der Waals surface area contributed by atoms with E-state index in [1.165, 1.54) is 0 Å². The lowest BCUT2D eigenvalue weighted by Gasteiger charge is -2.09. The maximum Gasteiger partial charge on any atom is 0.178 e. The molecule has 0 fully saturated rings. The number of hydrogen-bond acceptors (Lipinski definition) is 3. The fourth-order valence-electron chi connectivity index (χ4n) is 1.79. The number of rotatable bonds is 7. The van der Waals surface area contributed by atoms with Gasteiger partial charge in [-0.3, -0.25) is 0 Å². The van der Waals surface area contributed by atoms with Crippen LogP contribution in [-0.4, -0.2) is 21.3 Å². The molecule has 0 unspecified atom stereocenters. The van der Waals surface area contributed by atoms with E-state index in [0.717, 1.165) is 18.4 Å². The Morgan fingerprint density at radius 1 is 1.33 bits per heavy atom. The summed E-state index contributed by atoms with van der Waals surface area (Å²) in [6, 6.07) is 5.05. The molecule has 1 aromatic rings. The van der Waals surface area contributed by atoms with Gasteiger partial charge in [-0.1, -0.05) is 6.08 Å². The second kappa shape index (κ2) is 6.59. The van der Waals surface area contributed by atoms with Gasteiger partial charge in [0, 0.05) is 0 Å². The number of benzene rings is 1. The highest BCUT2D eigenvalue weighted by Gasteiger charge is 2.16. The van der Waals surface area contributed by atoms with Crippen molar-refractivity contribution >= 4 is 9.84 Å². The van der Waals surface area contributed by atoms with Crippen molar-refractivity contribution in [2.45, 2.75) is 31.1 Å².